The van der Waals surface area contributed by atoms with Crippen molar-refractivity contribution in [2.45, 2.75) is 72.3 Å². The summed E-state index contributed by atoms with van der Waals surface area (Å²) >= 11 is 0. The summed E-state index contributed by atoms with van der Waals surface area (Å²) in [4.78, 5) is 14.3. The van der Waals surface area contributed by atoms with Crippen molar-refractivity contribution >= 4 is 5.91 Å². The van der Waals surface area contributed by atoms with Gasteiger partial charge in [0.05, 0.1) is 0 Å². The highest BCUT2D eigenvalue weighted by molar-refractivity contribution is 5.76. The van der Waals surface area contributed by atoms with Crippen LogP contribution in [-0.2, 0) is 4.79 Å². The van der Waals surface area contributed by atoms with Crippen LogP contribution in [0.25, 0.3) is 0 Å². The Morgan fingerprint density at radius 2 is 1.76 bits per heavy atom. The number of carbonyl (C=O) groups is 1. The van der Waals surface area contributed by atoms with Crippen LogP contribution in [0.5, 0.6) is 0 Å². The first kappa shape index (κ1) is 14.5. The van der Waals surface area contributed by atoms with Gasteiger partial charge >= 0.3 is 0 Å². The van der Waals surface area contributed by atoms with Crippen LogP contribution >= 0.6 is 0 Å². The van der Waals surface area contributed by atoms with Crippen LogP contribution in [0.1, 0.15) is 66.2 Å². The molecule has 0 heterocycles. The van der Waals surface area contributed by atoms with E-state index < -0.39 is 0 Å². The molecule has 0 bridgehead atoms. The number of carbonyl (C=O) groups excluding carboxylic acids is 1. The van der Waals surface area contributed by atoms with Gasteiger partial charge in [0.1, 0.15) is 0 Å². The Bertz CT molecular complexity index is 229. The minimum Gasteiger partial charge on any atom is -0.340 e. The minimum atomic E-state index is 0.341. The molecule has 2 heteroatoms. The molecule has 17 heavy (non-hydrogen) atoms. The number of hydrogen-bond donors (Lipinski definition) is 0. The van der Waals surface area contributed by atoms with Crippen molar-refractivity contribution in [2.24, 2.45) is 11.8 Å². The molecule has 0 aliphatic heterocycles. The zero-order valence-corrected chi connectivity index (χ0v) is 12.0. The Morgan fingerprint density at radius 1 is 1.18 bits per heavy atom. The quantitative estimate of drug-likeness (QED) is 0.689. The van der Waals surface area contributed by atoms with E-state index in [1.807, 2.05) is 0 Å². The van der Waals surface area contributed by atoms with Crippen molar-refractivity contribution in [1.29, 1.82) is 0 Å². The second-order valence-corrected chi connectivity index (χ2v) is 6.22. The SMILES string of the molecule is CC(C)CN(C(=O)CCC1CCCC1)C(C)C. The maximum atomic E-state index is 12.2. The predicted molar refractivity (Wildman–Crippen MR) is 72.9 cm³/mol. The topological polar surface area (TPSA) is 20.3 Å². The molecule has 0 radical (unpaired) electrons. The average molecular weight is 239 g/mol. The van der Waals surface area contributed by atoms with Crippen LogP contribution in [0.2, 0.25) is 0 Å². The van der Waals surface area contributed by atoms with Crippen molar-refractivity contribution < 1.29 is 4.79 Å². The molecule has 1 aliphatic rings. The first-order valence-electron chi connectivity index (χ1n) is 7.30. The van der Waals surface area contributed by atoms with Crippen LogP contribution in [0.4, 0.5) is 0 Å². The molecule has 0 saturated heterocycles. The van der Waals surface area contributed by atoms with Crippen molar-refractivity contribution in [3.63, 3.8) is 0 Å². The Balaban J connectivity index is 2.35. The molecule has 1 aliphatic carbocycles. The monoisotopic (exact) mass is 239 g/mol. The molecule has 0 aromatic carbocycles. The number of hydrogen-bond acceptors (Lipinski definition) is 1. The third-order valence-electron chi connectivity index (χ3n) is 3.75. The lowest BCUT2D eigenvalue weighted by Crippen LogP contribution is -2.39. The Morgan fingerprint density at radius 3 is 2.24 bits per heavy atom. The van der Waals surface area contributed by atoms with E-state index in [2.05, 4.69) is 32.6 Å². The zero-order valence-electron chi connectivity index (χ0n) is 12.0. The maximum absolute atomic E-state index is 12.2. The molecular formula is C15H29NO. The number of amides is 1. The molecule has 0 unspecified atom stereocenters. The second-order valence-electron chi connectivity index (χ2n) is 6.22. The molecule has 0 aromatic heterocycles. The lowest BCUT2D eigenvalue weighted by Gasteiger charge is -2.29. The lowest BCUT2D eigenvalue weighted by molar-refractivity contribution is -0.133. The second kappa shape index (κ2) is 7.03. The summed E-state index contributed by atoms with van der Waals surface area (Å²) in [7, 11) is 0. The highest BCUT2D eigenvalue weighted by Gasteiger charge is 2.21. The standard InChI is InChI=1S/C15H29NO/c1-12(2)11-16(13(3)4)15(17)10-9-14-7-5-6-8-14/h12-14H,5-11H2,1-4H3. The molecular weight excluding hydrogens is 210 g/mol. The van der Waals surface area contributed by atoms with E-state index in [1.54, 1.807) is 0 Å². The van der Waals surface area contributed by atoms with Crippen LogP contribution in [0.3, 0.4) is 0 Å². The summed E-state index contributed by atoms with van der Waals surface area (Å²) in [6.07, 6.45) is 7.31. The van der Waals surface area contributed by atoms with E-state index in [-0.39, 0.29) is 0 Å². The summed E-state index contributed by atoms with van der Waals surface area (Å²) in [5, 5.41) is 0. The Kier molecular flexibility index (Phi) is 6.01. The van der Waals surface area contributed by atoms with Crippen LogP contribution in [-0.4, -0.2) is 23.4 Å². The maximum Gasteiger partial charge on any atom is 0.222 e. The Labute approximate surface area is 107 Å². The van der Waals surface area contributed by atoms with Gasteiger partial charge in [-0.1, -0.05) is 39.5 Å². The zero-order chi connectivity index (χ0) is 12.8. The van der Waals surface area contributed by atoms with Crippen molar-refractivity contribution in [3.05, 3.63) is 0 Å². The first-order chi connectivity index (χ1) is 8.00. The molecule has 1 amide bonds. The highest BCUT2D eigenvalue weighted by Crippen LogP contribution is 2.28. The fraction of sp³-hybridized carbons (Fsp3) is 0.933. The average Bonchev–Trinajstić information content (AvgIpc) is 2.74. The number of rotatable bonds is 6. The van der Waals surface area contributed by atoms with Crippen LogP contribution in [0, 0.1) is 11.8 Å². The molecule has 1 rings (SSSR count). The summed E-state index contributed by atoms with van der Waals surface area (Å²) < 4.78 is 0. The van der Waals surface area contributed by atoms with Gasteiger partial charge in [0.2, 0.25) is 5.91 Å². The first-order valence-corrected chi connectivity index (χ1v) is 7.30. The van der Waals surface area contributed by atoms with E-state index in [9.17, 15) is 4.79 Å². The summed E-state index contributed by atoms with van der Waals surface area (Å²) in [5.41, 5.74) is 0. The van der Waals surface area contributed by atoms with Gasteiger partial charge in [0.15, 0.2) is 0 Å². The van der Waals surface area contributed by atoms with Crippen molar-refractivity contribution in [2.75, 3.05) is 6.54 Å². The highest BCUT2D eigenvalue weighted by atomic mass is 16.2. The van der Waals surface area contributed by atoms with Gasteiger partial charge in [0, 0.05) is 19.0 Å². The third-order valence-corrected chi connectivity index (χ3v) is 3.75. The molecule has 0 spiro atoms. The summed E-state index contributed by atoms with van der Waals surface area (Å²) in [6, 6.07) is 0.341. The van der Waals surface area contributed by atoms with E-state index in [1.165, 1.54) is 25.7 Å². The Hall–Kier alpha value is -0.530. The van der Waals surface area contributed by atoms with Gasteiger partial charge in [-0.25, -0.2) is 0 Å². The van der Waals surface area contributed by atoms with Gasteiger partial charge in [-0.15, -0.1) is 0 Å². The van der Waals surface area contributed by atoms with E-state index >= 15 is 0 Å². The lowest BCUT2D eigenvalue weighted by atomic mass is 10.0. The molecule has 1 saturated carbocycles. The molecule has 100 valence electrons. The fourth-order valence-electron chi connectivity index (χ4n) is 2.76. The van der Waals surface area contributed by atoms with E-state index in [0.29, 0.717) is 17.9 Å². The van der Waals surface area contributed by atoms with Gasteiger partial charge in [-0.3, -0.25) is 4.79 Å². The smallest absolute Gasteiger partial charge is 0.222 e. The number of nitrogens with zero attached hydrogens (tertiary/aromatic N) is 1. The van der Waals surface area contributed by atoms with Crippen LogP contribution < -0.4 is 0 Å². The van der Waals surface area contributed by atoms with Gasteiger partial charge in [-0.05, 0) is 32.1 Å². The third kappa shape index (κ3) is 5.10. The van der Waals surface area contributed by atoms with Gasteiger partial charge in [0.25, 0.3) is 0 Å². The van der Waals surface area contributed by atoms with E-state index in [0.717, 1.165) is 25.3 Å². The van der Waals surface area contributed by atoms with Gasteiger partial charge < -0.3 is 4.90 Å². The minimum absolute atomic E-state index is 0.341. The van der Waals surface area contributed by atoms with E-state index in [4.69, 9.17) is 0 Å². The predicted octanol–water partition coefficient (Wildman–Crippen LogP) is 3.85. The molecule has 1 fully saturated rings. The molecule has 2 nitrogen and oxygen atoms in total. The fourth-order valence-corrected chi connectivity index (χ4v) is 2.76. The summed E-state index contributed by atoms with van der Waals surface area (Å²) in [5.74, 6) is 1.75. The molecule has 0 aromatic rings. The van der Waals surface area contributed by atoms with Crippen molar-refractivity contribution in [1.82, 2.24) is 4.90 Å². The molecule has 0 atom stereocenters. The normalized spacial score (nSPS) is 17.1. The van der Waals surface area contributed by atoms with Crippen molar-refractivity contribution in [3.8, 4) is 0 Å². The largest absolute Gasteiger partial charge is 0.340 e. The summed E-state index contributed by atoms with van der Waals surface area (Å²) in [6.45, 7) is 9.51. The molecule has 0 N–H and O–H groups in total. The van der Waals surface area contributed by atoms with Gasteiger partial charge in [-0.2, -0.15) is 0 Å². The van der Waals surface area contributed by atoms with Crippen LogP contribution in [0.15, 0.2) is 0 Å².